The Morgan fingerprint density at radius 1 is 1.40 bits per heavy atom. The molecule has 1 unspecified atom stereocenters. The van der Waals surface area contributed by atoms with Crippen molar-refractivity contribution in [2.24, 2.45) is 0 Å². The highest BCUT2D eigenvalue weighted by Gasteiger charge is 2.11. The van der Waals surface area contributed by atoms with Crippen molar-refractivity contribution in [1.29, 1.82) is 0 Å². The van der Waals surface area contributed by atoms with Crippen molar-refractivity contribution in [2.75, 3.05) is 0 Å². The third-order valence-electron chi connectivity index (χ3n) is 2.92. The second kappa shape index (κ2) is 4.07. The molecule has 80 valence electrons. The van der Waals surface area contributed by atoms with Crippen LogP contribution in [0.25, 0.3) is 11.0 Å². The molecule has 0 radical (unpaired) electrons. The minimum absolute atomic E-state index is 0.0331. The van der Waals surface area contributed by atoms with Crippen LogP contribution in [0.3, 0.4) is 0 Å². The molecule has 0 aliphatic heterocycles. The number of fused-ring (bicyclic) bond motifs is 1. The molecule has 0 aliphatic rings. The van der Waals surface area contributed by atoms with Crippen LogP contribution >= 0.6 is 0 Å². The standard InChI is InChI=1S/C13H16O2/c1-3-9(2)12-6-4-5-10-7-11(8-14)15-13(10)12/h4-7,9,14H,3,8H2,1-2H3. The molecule has 0 amide bonds. The van der Waals surface area contributed by atoms with Gasteiger partial charge in [-0.1, -0.05) is 32.0 Å². The van der Waals surface area contributed by atoms with Crippen LogP contribution in [-0.4, -0.2) is 5.11 Å². The molecule has 0 spiro atoms. The SMILES string of the molecule is CCC(C)c1cccc2cc(CO)oc12. The number of hydrogen-bond donors (Lipinski definition) is 1. The first-order chi connectivity index (χ1) is 7.26. The summed E-state index contributed by atoms with van der Waals surface area (Å²) in [5.74, 6) is 1.13. The molecule has 0 fully saturated rings. The summed E-state index contributed by atoms with van der Waals surface area (Å²) in [7, 11) is 0. The highest BCUT2D eigenvalue weighted by Crippen LogP contribution is 2.29. The zero-order chi connectivity index (χ0) is 10.8. The Kier molecular flexibility index (Phi) is 2.78. The van der Waals surface area contributed by atoms with Gasteiger partial charge in [-0.05, 0) is 24.0 Å². The van der Waals surface area contributed by atoms with Crippen molar-refractivity contribution in [3.05, 3.63) is 35.6 Å². The number of aliphatic hydroxyl groups excluding tert-OH is 1. The molecular weight excluding hydrogens is 188 g/mol. The lowest BCUT2D eigenvalue weighted by atomic mass is 9.97. The lowest BCUT2D eigenvalue weighted by Crippen LogP contribution is -1.90. The monoisotopic (exact) mass is 204 g/mol. The Hall–Kier alpha value is -1.28. The van der Waals surface area contributed by atoms with E-state index in [1.54, 1.807) is 0 Å². The number of hydrogen-bond acceptors (Lipinski definition) is 2. The largest absolute Gasteiger partial charge is 0.458 e. The van der Waals surface area contributed by atoms with E-state index in [4.69, 9.17) is 9.52 Å². The minimum Gasteiger partial charge on any atom is -0.458 e. The zero-order valence-electron chi connectivity index (χ0n) is 9.16. The van der Waals surface area contributed by atoms with Crippen molar-refractivity contribution in [1.82, 2.24) is 0 Å². The second-order valence-electron chi connectivity index (χ2n) is 3.95. The fourth-order valence-corrected chi connectivity index (χ4v) is 1.82. The molecule has 2 heteroatoms. The summed E-state index contributed by atoms with van der Waals surface area (Å²) in [6.07, 6.45) is 1.09. The number of furan rings is 1. The molecule has 2 rings (SSSR count). The molecule has 1 heterocycles. The van der Waals surface area contributed by atoms with E-state index in [2.05, 4.69) is 19.9 Å². The molecule has 1 aromatic carbocycles. The van der Waals surface area contributed by atoms with Crippen molar-refractivity contribution in [3.63, 3.8) is 0 Å². The summed E-state index contributed by atoms with van der Waals surface area (Å²) in [4.78, 5) is 0. The van der Waals surface area contributed by atoms with Gasteiger partial charge in [0.1, 0.15) is 18.0 Å². The van der Waals surface area contributed by atoms with E-state index in [0.717, 1.165) is 17.4 Å². The van der Waals surface area contributed by atoms with Crippen LogP contribution in [0.4, 0.5) is 0 Å². The number of aliphatic hydroxyl groups is 1. The van der Waals surface area contributed by atoms with E-state index in [9.17, 15) is 0 Å². The third-order valence-corrected chi connectivity index (χ3v) is 2.92. The molecule has 2 aromatic rings. The van der Waals surface area contributed by atoms with E-state index in [-0.39, 0.29) is 6.61 Å². The van der Waals surface area contributed by atoms with Gasteiger partial charge in [0.25, 0.3) is 0 Å². The maximum atomic E-state index is 9.03. The van der Waals surface area contributed by atoms with Gasteiger partial charge < -0.3 is 9.52 Å². The normalized spacial score (nSPS) is 13.3. The fourth-order valence-electron chi connectivity index (χ4n) is 1.82. The average molecular weight is 204 g/mol. The summed E-state index contributed by atoms with van der Waals surface area (Å²) >= 11 is 0. The van der Waals surface area contributed by atoms with Crippen LogP contribution in [-0.2, 0) is 6.61 Å². The van der Waals surface area contributed by atoms with Crippen LogP contribution in [0.15, 0.2) is 28.7 Å². The first kappa shape index (κ1) is 10.2. The Morgan fingerprint density at radius 2 is 2.20 bits per heavy atom. The van der Waals surface area contributed by atoms with E-state index in [1.807, 2.05) is 18.2 Å². The molecule has 0 bridgehead atoms. The van der Waals surface area contributed by atoms with Crippen LogP contribution in [0.1, 0.15) is 37.5 Å². The quantitative estimate of drug-likeness (QED) is 0.830. The second-order valence-corrected chi connectivity index (χ2v) is 3.95. The molecular formula is C13H16O2. The van der Waals surface area contributed by atoms with E-state index in [1.165, 1.54) is 5.56 Å². The molecule has 2 nitrogen and oxygen atoms in total. The summed E-state index contributed by atoms with van der Waals surface area (Å²) in [5, 5.41) is 10.1. The van der Waals surface area contributed by atoms with Crippen molar-refractivity contribution >= 4 is 11.0 Å². The van der Waals surface area contributed by atoms with Gasteiger partial charge in [0.05, 0.1) is 0 Å². The van der Waals surface area contributed by atoms with Gasteiger partial charge >= 0.3 is 0 Å². The Labute approximate surface area is 89.5 Å². The molecule has 0 aliphatic carbocycles. The number of rotatable bonds is 3. The minimum atomic E-state index is -0.0331. The first-order valence-electron chi connectivity index (χ1n) is 5.38. The predicted molar refractivity (Wildman–Crippen MR) is 60.8 cm³/mol. The van der Waals surface area contributed by atoms with Gasteiger partial charge in [-0.25, -0.2) is 0 Å². The van der Waals surface area contributed by atoms with Crippen molar-refractivity contribution in [2.45, 2.75) is 32.8 Å². The highest BCUT2D eigenvalue weighted by molar-refractivity contribution is 5.81. The van der Waals surface area contributed by atoms with Gasteiger partial charge in [0, 0.05) is 5.39 Å². The van der Waals surface area contributed by atoms with Crippen molar-refractivity contribution < 1.29 is 9.52 Å². The topological polar surface area (TPSA) is 33.4 Å². The molecule has 15 heavy (non-hydrogen) atoms. The third kappa shape index (κ3) is 1.77. The summed E-state index contributed by atoms with van der Waals surface area (Å²) in [5.41, 5.74) is 2.16. The van der Waals surface area contributed by atoms with Gasteiger partial charge in [-0.2, -0.15) is 0 Å². The predicted octanol–water partition coefficient (Wildman–Crippen LogP) is 3.44. The summed E-state index contributed by atoms with van der Waals surface area (Å²) in [6.45, 7) is 4.32. The Balaban J connectivity index is 2.59. The molecule has 0 saturated heterocycles. The smallest absolute Gasteiger partial charge is 0.137 e. The van der Waals surface area contributed by atoms with E-state index in [0.29, 0.717) is 11.7 Å². The maximum Gasteiger partial charge on any atom is 0.137 e. The first-order valence-corrected chi connectivity index (χ1v) is 5.38. The fraction of sp³-hybridized carbons (Fsp3) is 0.385. The Morgan fingerprint density at radius 3 is 2.87 bits per heavy atom. The van der Waals surface area contributed by atoms with E-state index >= 15 is 0 Å². The number of benzene rings is 1. The lowest BCUT2D eigenvalue weighted by Gasteiger charge is -2.08. The van der Waals surface area contributed by atoms with Crippen LogP contribution in [0.5, 0.6) is 0 Å². The van der Waals surface area contributed by atoms with Crippen LogP contribution in [0, 0.1) is 0 Å². The van der Waals surface area contributed by atoms with E-state index < -0.39 is 0 Å². The maximum absolute atomic E-state index is 9.03. The molecule has 1 aromatic heterocycles. The van der Waals surface area contributed by atoms with Gasteiger partial charge in [-0.15, -0.1) is 0 Å². The summed E-state index contributed by atoms with van der Waals surface area (Å²) in [6, 6.07) is 8.06. The summed E-state index contributed by atoms with van der Waals surface area (Å²) < 4.78 is 5.62. The molecule has 1 N–H and O–H groups in total. The van der Waals surface area contributed by atoms with Gasteiger partial charge in [-0.3, -0.25) is 0 Å². The van der Waals surface area contributed by atoms with Crippen LogP contribution < -0.4 is 0 Å². The van der Waals surface area contributed by atoms with Crippen molar-refractivity contribution in [3.8, 4) is 0 Å². The Bertz CT molecular complexity index is 457. The van der Waals surface area contributed by atoms with Crippen LogP contribution in [0.2, 0.25) is 0 Å². The highest BCUT2D eigenvalue weighted by atomic mass is 16.4. The lowest BCUT2D eigenvalue weighted by molar-refractivity contribution is 0.251. The van der Waals surface area contributed by atoms with Gasteiger partial charge in [0.15, 0.2) is 0 Å². The number of para-hydroxylation sites is 1. The molecule has 0 saturated carbocycles. The zero-order valence-corrected chi connectivity index (χ0v) is 9.16. The molecule has 1 atom stereocenters. The average Bonchev–Trinajstić information content (AvgIpc) is 2.70. The van der Waals surface area contributed by atoms with Gasteiger partial charge in [0.2, 0.25) is 0 Å².